The molecule has 0 aliphatic heterocycles. The SMILES string of the molecule is CC(C)CCCCCC(C)Cn1sccc1=O. The van der Waals surface area contributed by atoms with E-state index >= 15 is 0 Å². The molecule has 0 N–H and O–H groups in total. The molecule has 1 unspecified atom stereocenters. The minimum Gasteiger partial charge on any atom is -0.268 e. The highest BCUT2D eigenvalue weighted by atomic mass is 32.1. The first-order valence-corrected chi connectivity index (χ1v) is 7.58. The molecule has 0 aliphatic carbocycles. The molecule has 0 amide bonds. The summed E-state index contributed by atoms with van der Waals surface area (Å²) < 4.78 is 1.86. The average molecular weight is 255 g/mol. The Morgan fingerprint density at radius 2 is 1.88 bits per heavy atom. The highest BCUT2D eigenvalue weighted by Crippen LogP contribution is 2.14. The van der Waals surface area contributed by atoms with E-state index in [1.54, 1.807) is 6.07 Å². The van der Waals surface area contributed by atoms with Crippen LogP contribution < -0.4 is 5.56 Å². The van der Waals surface area contributed by atoms with Crippen LogP contribution in [0.25, 0.3) is 0 Å². The first-order valence-electron chi connectivity index (χ1n) is 6.74. The van der Waals surface area contributed by atoms with Crippen molar-refractivity contribution in [3.05, 3.63) is 21.8 Å². The maximum atomic E-state index is 11.4. The molecule has 0 aliphatic rings. The van der Waals surface area contributed by atoms with Gasteiger partial charge in [0.15, 0.2) is 0 Å². The third-order valence-electron chi connectivity index (χ3n) is 3.10. The fraction of sp³-hybridized carbons (Fsp3) is 0.786. The summed E-state index contributed by atoms with van der Waals surface area (Å²) in [7, 11) is 0. The molecule has 17 heavy (non-hydrogen) atoms. The van der Waals surface area contributed by atoms with Gasteiger partial charge in [-0.15, -0.1) is 0 Å². The molecule has 98 valence electrons. The second-order valence-electron chi connectivity index (χ2n) is 5.44. The van der Waals surface area contributed by atoms with E-state index in [1.807, 2.05) is 9.34 Å². The second-order valence-corrected chi connectivity index (χ2v) is 6.37. The van der Waals surface area contributed by atoms with Crippen molar-refractivity contribution in [2.45, 2.75) is 59.4 Å². The van der Waals surface area contributed by atoms with E-state index in [2.05, 4.69) is 20.8 Å². The maximum Gasteiger partial charge on any atom is 0.260 e. The lowest BCUT2D eigenvalue weighted by atomic mass is 10.0. The first-order chi connectivity index (χ1) is 8.09. The molecule has 0 bridgehead atoms. The van der Waals surface area contributed by atoms with Crippen molar-refractivity contribution in [2.75, 3.05) is 0 Å². The molecule has 1 heterocycles. The topological polar surface area (TPSA) is 22.0 Å². The van der Waals surface area contributed by atoms with Crippen LogP contribution in [-0.4, -0.2) is 3.96 Å². The van der Waals surface area contributed by atoms with Gasteiger partial charge in [-0.3, -0.25) is 8.75 Å². The van der Waals surface area contributed by atoms with Gasteiger partial charge >= 0.3 is 0 Å². The van der Waals surface area contributed by atoms with Crippen LogP contribution in [0.2, 0.25) is 0 Å². The largest absolute Gasteiger partial charge is 0.268 e. The number of unbranched alkanes of at least 4 members (excludes halogenated alkanes) is 2. The Morgan fingerprint density at radius 1 is 1.18 bits per heavy atom. The lowest BCUT2D eigenvalue weighted by Gasteiger charge is -2.11. The van der Waals surface area contributed by atoms with E-state index < -0.39 is 0 Å². The summed E-state index contributed by atoms with van der Waals surface area (Å²) in [5.74, 6) is 1.45. The molecule has 1 aromatic heterocycles. The predicted molar refractivity (Wildman–Crippen MR) is 75.7 cm³/mol. The summed E-state index contributed by atoms with van der Waals surface area (Å²) >= 11 is 1.53. The van der Waals surface area contributed by atoms with Crippen molar-refractivity contribution in [1.29, 1.82) is 0 Å². The molecular formula is C14H25NOS. The van der Waals surface area contributed by atoms with Crippen LogP contribution >= 0.6 is 11.5 Å². The molecule has 1 atom stereocenters. The van der Waals surface area contributed by atoms with Crippen LogP contribution in [0.1, 0.15) is 52.9 Å². The molecule has 0 saturated heterocycles. The van der Waals surface area contributed by atoms with Crippen molar-refractivity contribution < 1.29 is 0 Å². The van der Waals surface area contributed by atoms with Gasteiger partial charge in [0.2, 0.25) is 0 Å². The Morgan fingerprint density at radius 3 is 2.47 bits per heavy atom. The van der Waals surface area contributed by atoms with Gasteiger partial charge < -0.3 is 0 Å². The summed E-state index contributed by atoms with van der Waals surface area (Å²) in [4.78, 5) is 11.4. The zero-order chi connectivity index (χ0) is 12.7. The molecule has 0 aromatic carbocycles. The molecule has 1 aromatic rings. The normalized spacial score (nSPS) is 13.2. The van der Waals surface area contributed by atoms with Crippen molar-refractivity contribution >= 4 is 11.5 Å². The summed E-state index contributed by atoms with van der Waals surface area (Å²) in [5.41, 5.74) is 0.154. The number of nitrogens with zero attached hydrogens (tertiary/aromatic N) is 1. The van der Waals surface area contributed by atoms with Crippen LogP contribution in [0.4, 0.5) is 0 Å². The third kappa shape index (κ3) is 6.06. The minimum absolute atomic E-state index is 0.154. The highest BCUT2D eigenvalue weighted by Gasteiger charge is 2.05. The summed E-state index contributed by atoms with van der Waals surface area (Å²) in [6.07, 6.45) is 6.57. The van der Waals surface area contributed by atoms with Gasteiger partial charge in [0.1, 0.15) is 0 Å². The Balaban J connectivity index is 2.12. The standard InChI is InChI=1S/C14H25NOS/c1-12(2)7-5-4-6-8-13(3)11-15-14(16)9-10-17-15/h9-10,12-13H,4-8,11H2,1-3H3. The van der Waals surface area contributed by atoms with Crippen molar-refractivity contribution in [2.24, 2.45) is 11.8 Å². The Labute approximate surface area is 109 Å². The van der Waals surface area contributed by atoms with Gasteiger partial charge in [0.25, 0.3) is 5.56 Å². The monoisotopic (exact) mass is 255 g/mol. The van der Waals surface area contributed by atoms with Gasteiger partial charge in [0.05, 0.1) is 0 Å². The van der Waals surface area contributed by atoms with Crippen LogP contribution in [0, 0.1) is 11.8 Å². The second kappa shape index (κ2) is 7.70. The molecule has 2 nitrogen and oxygen atoms in total. The molecular weight excluding hydrogens is 230 g/mol. The zero-order valence-electron chi connectivity index (χ0n) is 11.3. The fourth-order valence-corrected chi connectivity index (χ4v) is 2.86. The minimum atomic E-state index is 0.154. The first kappa shape index (κ1) is 14.5. The fourth-order valence-electron chi connectivity index (χ4n) is 2.03. The smallest absolute Gasteiger partial charge is 0.260 e. The molecule has 0 radical (unpaired) electrons. The maximum absolute atomic E-state index is 11.4. The van der Waals surface area contributed by atoms with Crippen LogP contribution in [0.15, 0.2) is 16.2 Å². The molecule has 0 fully saturated rings. The van der Waals surface area contributed by atoms with E-state index in [1.165, 1.54) is 43.6 Å². The van der Waals surface area contributed by atoms with Gasteiger partial charge in [-0.05, 0) is 18.3 Å². The van der Waals surface area contributed by atoms with Gasteiger partial charge in [0, 0.05) is 18.0 Å². The van der Waals surface area contributed by atoms with Gasteiger partial charge in [-0.25, -0.2) is 0 Å². The predicted octanol–water partition coefficient (Wildman–Crippen LogP) is 4.15. The summed E-state index contributed by atoms with van der Waals surface area (Å²) in [6.45, 7) is 7.70. The Hall–Kier alpha value is -0.570. The Bertz CT molecular complexity index is 353. The average Bonchev–Trinajstić information content (AvgIpc) is 2.63. The Kier molecular flexibility index (Phi) is 6.56. The number of hydrogen-bond acceptors (Lipinski definition) is 2. The van der Waals surface area contributed by atoms with Gasteiger partial charge in [-0.2, -0.15) is 0 Å². The molecule has 0 saturated carbocycles. The van der Waals surface area contributed by atoms with Crippen LogP contribution in [0.3, 0.4) is 0 Å². The van der Waals surface area contributed by atoms with Crippen LogP contribution in [-0.2, 0) is 6.54 Å². The van der Waals surface area contributed by atoms with E-state index in [0.29, 0.717) is 5.92 Å². The number of rotatable bonds is 8. The molecule has 0 spiro atoms. The van der Waals surface area contributed by atoms with Crippen molar-refractivity contribution in [3.63, 3.8) is 0 Å². The van der Waals surface area contributed by atoms with E-state index in [-0.39, 0.29) is 5.56 Å². The lowest BCUT2D eigenvalue weighted by Crippen LogP contribution is -2.16. The van der Waals surface area contributed by atoms with E-state index in [4.69, 9.17) is 0 Å². The van der Waals surface area contributed by atoms with E-state index in [0.717, 1.165) is 12.5 Å². The van der Waals surface area contributed by atoms with Gasteiger partial charge in [-0.1, -0.05) is 58.0 Å². The number of hydrogen-bond donors (Lipinski definition) is 0. The van der Waals surface area contributed by atoms with Crippen molar-refractivity contribution in [1.82, 2.24) is 3.96 Å². The molecule has 1 rings (SSSR count). The third-order valence-corrected chi connectivity index (χ3v) is 3.94. The lowest BCUT2D eigenvalue weighted by molar-refractivity contribution is 0.427. The molecule has 3 heteroatoms. The zero-order valence-corrected chi connectivity index (χ0v) is 12.1. The van der Waals surface area contributed by atoms with E-state index in [9.17, 15) is 4.79 Å². The van der Waals surface area contributed by atoms with Crippen molar-refractivity contribution in [3.8, 4) is 0 Å². The number of aromatic nitrogens is 1. The van der Waals surface area contributed by atoms with Crippen LogP contribution in [0.5, 0.6) is 0 Å². The summed E-state index contributed by atoms with van der Waals surface area (Å²) in [5, 5.41) is 1.87. The quantitative estimate of drug-likeness (QED) is 0.640. The highest BCUT2D eigenvalue weighted by molar-refractivity contribution is 7.04. The summed E-state index contributed by atoms with van der Waals surface area (Å²) in [6, 6.07) is 1.65.